The van der Waals surface area contributed by atoms with Gasteiger partial charge in [0.1, 0.15) is 12.4 Å². The molecular formula is C15H14FNO4S. The van der Waals surface area contributed by atoms with Crippen molar-refractivity contribution in [3.63, 3.8) is 0 Å². The molecule has 2 aromatic rings. The molecule has 0 saturated heterocycles. The van der Waals surface area contributed by atoms with Crippen LogP contribution in [0.3, 0.4) is 0 Å². The van der Waals surface area contributed by atoms with E-state index in [9.17, 15) is 17.6 Å². The van der Waals surface area contributed by atoms with Gasteiger partial charge in [-0.3, -0.25) is 0 Å². The van der Waals surface area contributed by atoms with Gasteiger partial charge < -0.3 is 4.74 Å². The van der Waals surface area contributed by atoms with Crippen molar-refractivity contribution in [3.05, 3.63) is 65.5 Å². The van der Waals surface area contributed by atoms with Crippen LogP contribution in [-0.2, 0) is 21.4 Å². The van der Waals surface area contributed by atoms with E-state index in [1.54, 1.807) is 6.07 Å². The number of hydrogen-bond donors (Lipinski definition) is 1. The smallest absolute Gasteiger partial charge is 0.338 e. The molecule has 0 aromatic heterocycles. The molecule has 2 aromatic carbocycles. The molecule has 1 N–H and O–H groups in total. The van der Waals surface area contributed by atoms with Gasteiger partial charge in [-0.1, -0.05) is 18.2 Å². The van der Waals surface area contributed by atoms with Crippen LogP contribution in [0.15, 0.2) is 53.4 Å². The second-order valence-electron chi connectivity index (χ2n) is 4.44. The van der Waals surface area contributed by atoms with Crippen molar-refractivity contribution in [3.8, 4) is 0 Å². The van der Waals surface area contributed by atoms with Gasteiger partial charge in [0.05, 0.1) is 10.5 Å². The first-order valence-electron chi connectivity index (χ1n) is 6.37. The van der Waals surface area contributed by atoms with Crippen LogP contribution in [0, 0.1) is 5.82 Å². The van der Waals surface area contributed by atoms with Crippen LogP contribution in [0.2, 0.25) is 0 Å². The number of benzene rings is 2. The molecule has 0 heterocycles. The van der Waals surface area contributed by atoms with Crippen molar-refractivity contribution in [1.29, 1.82) is 0 Å². The molecule has 2 rings (SSSR count). The Morgan fingerprint density at radius 3 is 2.59 bits per heavy atom. The Morgan fingerprint density at radius 1 is 1.18 bits per heavy atom. The molecule has 0 aliphatic heterocycles. The second-order valence-corrected chi connectivity index (χ2v) is 6.33. The zero-order chi connectivity index (χ0) is 16.2. The Balaban J connectivity index is 2.12. The minimum atomic E-state index is -3.63. The quantitative estimate of drug-likeness (QED) is 0.855. The number of nitrogens with one attached hydrogen (secondary N) is 1. The average Bonchev–Trinajstić information content (AvgIpc) is 2.53. The van der Waals surface area contributed by atoms with Crippen LogP contribution in [0.4, 0.5) is 4.39 Å². The lowest BCUT2D eigenvalue weighted by molar-refractivity contribution is 0.0472. The highest BCUT2D eigenvalue weighted by Gasteiger charge is 2.15. The molecule has 0 aliphatic rings. The fourth-order valence-electron chi connectivity index (χ4n) is 1.77. The van der Waals surface area contributed by atoms with Crippen molar-refractivity contribution >= 4 is 16.0 Å². The normalized spacial score (nSPS) is 11.2. The second kappa shape index (κ2) is 6.67. The van der Waals surface area contributed by atoms with Crippen molar-refractivity contribution in [2.75, 3.05) is 7.05 Å². The summed E-state index contributed by atoms with van der Waals surface area (Å²) >= 11 is 0. The van der Waals surface area contributed by atoms with E-state index in [0.29, 0.717) is 5.56 Å². The summed E-state index contributed by atoms with van der Waals surface area (Å²) < 4.78 is 43.6. The van der Waals surface area contributed by atoms with Gasteiger partial charge in [0, 0.05) is 0 Å². The first-order chi connectivity index (χ1) is 10.4. The van der Waals surface area contributed by atoms with Gasteiger partial charge in [0.15, 0.2) is 0 Å². The van der Waals surface area contributed by atoms with Crippen LogP contribution in [-0.4, -0.2) is 21.4 Å². The summed E-state index contributed by atoms with van der Waals surface area (Å²) in [7, 11) is -2.35. The Labute approximate surface area is 127 Å². The SMILES string of the molecule is CNS(=O)(=O)c1cccc(C(=O)OCc2cccc(F)c2)c1. The van der Waals surface area contributed by atoms with Crippen LogP contribution >= 0.6 is 0 Å². The third kappa shape index (κ3) is 3.90. The van der Waals surface area contributed by atoms with Crippen molar-refractivity contribution in [1.82, 2.24) is 4.72 Å². The lowest BCUT2D eigenvalue weighted by atomic mass is 10.2. The van der Waals surface area contributed by atoms with Gasteiger partial charge >= 0.3 is 5.97 Å². The Kier molecular flexibility index (Phi) is 4.89. The number of sulfonamides is 1. The maximum atomic E-state index is 13.0. The zero-order valence-corrected chi connectivity index (χ0v) is 12.6. The molecular weight excluding hydrogens is 309 g/mol. The molecule has 5 nitrogen and oxygen atoms in total. The molecule has 0 saturated carbocycles. The van der Waals surface area contributed by atoms with E-state index in [-0.39, 0.29) is 17.1 Å². The van der Waals surface area contributed by atoms with Gasteiger partial charge in [0.25, 0.3) is 0 Å². The van der Waals surface area contributed by atoms with Crippen molar-refractivity contribution < 1.29 is 22.3 Å². The van der Waals surface area contributed by atoms with Crippen LogP contribution in [0.5, 0.6) is 0 Å². The lowest BCUT2D eigenvalue weighted by Gasteiger charge is -2.07. The predicted octanol–water partition coefficient (Wildman–Crippen LogP) is 2.09. The van der Waals surface area contributed by atoms with E-state index in [1.807, 2.05) is 0 Å². The zero-order valence-electron chi connectivity index (χ0n) is 11.7. The number of halogens is 1. The lowest BCUT2D eigenvalue weighted by Crippen LogP contribution is -2.19. The summed E-state index contributed by atoms with van der Waals surface area (Å²) in [6.07, 6.45) is 0. The minimum absolute atomic E-state index is 0.0322. The van der Waals surface area contributed by atoms with Crippen molar-refractivity contribution in [2.24, 2.45) is 0 Å². The molecule has 22 heavy (non-hydrogen) atoms. The number of esters is 1. The molecule has 0 aliphatic carbocycles. The maximum absolute atomic E-state index is 13.0. The summed E-state index contributed by atoms with van der Waals surface area (Å²) in [6.45, 7) is -0.0976. The van der Waals surface area contributed by atoms with Crippen LogP contribution < -0.4 is 4.72 Å². The first-order valence-corrected chi connectivity index (χ1v) is 7.86. The molecule has 0 amide bonds. The third-order valence-corrected chi connectivity index (χ3v) is 4.32. The van der Waals surface area contributed by atoms with E-state index in [1.165, 1.54) is 49.5 Å². The predicted molar refractivity (Wildman–Crippen MR) is 78.2 cm³/mol. The highest BCUT2D eigenvalue weighted by atomic mass is 32.2. The van der Waals surface area contributed by atoms with Crippen LogP contribution in [0.1, 0.15) is 15.9 Å². The van der Waals surface area contributed by atoms with E-state index in [0.717, 1.165) is 0 Å². The van der Waals surface area contributed by atoms with Gasteiger partial charge in [-0.25, -0.2) is 22.3 Å². The monoisotopic (exact) mass is 323 g/mol. The topological polar surface area (TPSA) is 72.5 Å². The van der Waals surface area contributed by atoms with Crippen molar-refractivity contribution in [2.45, 2.75) is 11.5 Å². The van der Waals surface area contributed by atoms with Gasteiger partial charge in [-0.15, -0.1) is 0 Å². The molecule has 0 spiro atoms. The maximum Gasteiger partial charge on any atom is 0.338 e. The fourth-order valence-corrected chi connectivity index (χ4v) is 2.54. The highest BCUT2D eigenvalue weighted by Crippen LogP contribution is 2.13. The Morgan fingerprint density at radius 2 is 1.91 bits per heavy atom. The van der Waals surface area contributed by atoms with Gasteiger partial charge in [0.2, 0.25) is 10.0 Å². The molecule has 0 bridgehead atoms. The minimum Gasteiger partial charge on any atom is -0.457 e. The van der Waals surface area contributed by atoms with E-state index in [4.69, 9.17) is 4.74 Å². The van der Waals surface area contributed by atoms with Crippen LogP contribution in [0.25, 0.3) is 0 Å². The summed E-state index contributed by atoms with van der Waals surface area (Å²) in [5.74, 6) is -1.10. The summed E-state index contributed by atoms with van der Waals surface area (Å²) in [4.78, 5) is 11.9. The van der Waals surface area contributed by atoms with Gasteiger partial charge in [-0.2, -0.15) is 0 Å². The Hall–Kier alpha value is -2.25. The molecule has 0 unspecified atom stereocenters. The molecule has 0 radical (unpaired) electrons. The standard InChI is InChI=1S/C15H14FNO4S/c1-17-22(19,20)14-7-3-5-12(9-14)15(18)21-10-11-4-2-6-13(16)8-11/h2-9,17H,10H2,1H3. The third-order valence-electron chi connectivity index (χ3n) is 2.91. The molecule has 0 fully saturated rings. The van der Waals surface area contributed by atoms with Gasteiger partial charge in [-0.05, 0) is 42.9 Å². The highest BCUT2D eigenvalue weighted by molar-refractivity contribution is 7.89. The number of carbonyl (C=O) groups excluding carboxylic acids is 1. The number of rotatable bonds is 5. The number of ether oxygens (including phenoxy) is 1. The largest absolute Gasteiger partial charge is 0.457 e. The van der Waals surface area contributed by atoms with E-state index >= 15 is 0 Å². The molecule has 7 heteroatoms. The fraction of sp³-hybridized carbons (Fsp3) is 0.133. The number of hydrogen-bond acceptors (Lipinski definition) is 4. The Bertz CT molecular complexity index is 790. The average molecular weight is 323 g/mol. The summed E-state index contributed by atoms with van der Waals surface area (Å²) in [5.41, 5.74) is 0.611. The molecule has 0 atom stereocenters. The summed E-state index contributed by atoms with van der Waals surface area (Å²) in [5, 5.41) is 0. The molecule has 116 valence electrons. The van der Waals surface area contributed by atoms with E-state index < -0.39 is 21.8 Å². The number of carbonyl (C=O) groups is 1. The van der Waals surface area contributed by atoms with E-state index in [2.05, 4.69) is 4.72 Å². The first kappa shape index (κ1) is 16.1. The summed E-state index contributed by atoms with van der Waals surface area (Å²) in [6, 6.07) is 11.2.